The molecule has 0 aliphatic carbocycles. The van der Waals surface area contributed by atoms with E-state index in [1.54, 1.807) is 30.2 Å². The molecule has 8 heteroatoms. The van der Waals surface area contributed by atoms with Gasteiger partial charge in [-0.3, -0.25) is 0 Å². The van der Waals surface area contributed by atoms with E-state index in [9.17, 15) is 8.42 Å². The summed E-state index contributed by atoms with van der Waals surface area (Å²) in [5, 5.41) is 0.831. The molecule has 4 rings (SSSR count). The summed E-state index contributed by atoms with van der Waals surface area (Å²) in [4.78, 5) is 5.11. The molecule has 0 unspecified atom stereocenters. The van der Waals surface area contributed by atoms with Crippen molar-refractivity contribution in [2.24, 2.45) is 0 Å². The van der Waals surface area contributed by atoms with Gasteiger partial charge in [-0.15, -0.1) is 0 Å². The number of nitrogens with zero attached hydrogens (tertiary/aromatic N) is 3. The van der Waals surface area contributed by atoms with Crippen LogP contribution in [0.4, 0.5) is 0 Å². The zero-order valence-corrected chi connectivity index (χ0v) is 21.0. The van der Waals surface area contributed by atoms with E-state index in [-0.39, 0.29) is 4.90 Å². The van der Waals surface area contributed by atoms with E-state index in [0.717, 1.165) is 22.2 Å². The summed E-state index contributed by atoms with van der Waals surface area (Å²) in [5.41, 5.74) is 5.31. The number of benzene rings is 2. The Morgan fingerprint density at radius 2 is 1.82 bits per heavy atom. The van der Waals surface area contributed by atoms with Crippen molar-refractivity contribution in [1.29, 1.82) is 0 Å². The fourth-order valence-corrected chi connectivity index (χ4v) is 6.26. The number of hydrogen-bond donors (Lipinski definition) is 0. The van der Waals surface area contributed by atoms with E-state index in [1.165, 1.54) is 21.0 Å². The zero-order valence-electron chi connectivity index (χ0n) is 19.4. The monoisotopic (exact) mass is 483 g/mol. The van der Waals surface area contributed by atoms with E-state index < -0.39 is 10.0 Å². The number of aromatic nitrogens is 2. The van der Waals surface area contributed by atoms with Gasteiger partial charge in [0.1, 0.15) is 5.76 Å². The van der Waals surface area contributed by atoms with Crippen LogP contribution in [-0.2, 0) is 22.3 Å². The standard InChI is InChI=1S/C25H29N3O3S2/c1-5-27(6-2)33(29,30)22-11-12-24-23(15-22)26-25(28(24)16-21-8-7-13-31-21)32-17-20-10-9-18(3)19(4)14-20/h7-15H,5-6,16-17H2,1-4H3. The molecule has 0 N–H and O–H groups in total. The lowest BCUT2D eigenvalue weighted by Crippen LogP contribution is -2.30. The highest BCUT2D eigenvalue weighted by molar-refractivity contribution is 7.98. The van der Waals surface area contributed by atoms with Crippen molar-refractivity contribution in [3.05, 3.63) is 77.2 Å². The first kappa shape index (κ1) is 23.6. The van der Waals surface area contributed by atoms with Gasteiger partial charge in [-0.1, -0.05) is 43.8 Å². The third-order valence-corrected chi connectivity index (χ3v) is 8.95. The van der Waals surface area contributed by atoms with Crippen LogP contribution in [0, 0.1) is 13.8 Å². The van der Waals surface area contributed by atoms with Gasteiger partial charge in [0, 0.05) is 18.8 Å². The van der Waals surface area contributed by atoms with Crippen LogP contribution in [-0.4, -0.2) is 35.4 Å². The summed E-state index contributed by atoms with van der Waals surface area (Å²) in [6.45, 7) is 9.31. The third-order valence-electron chi connectivity index (χ3n) is 5.86. The van der Waals surface area contributed by atoms with Gasteiger partial charge in [-0.2, -0.15) is 4.31 Å². The minimum atomic E-state index is -3.55. The first-order valence-corrected chi connectivity index (χ1v) is 13.5. The molecule has 33 heavy (non-hydrogen) atoms. The van der Waals surface area contributed by atoms with Gasteiger partial charge >= 0.3 is 0 Å². The van der Waals surface area contributed by atoms with Crippen molar-refractivity contribution < 1.29 is 12.8 Å². The second-order valence-corrected chi connectivity index (χ2v) is 10.9. The molecule has 2 heterocycles. The number of furan rings is 1. The number of aryl methyl sites for hydroxylation is 2. The molecule has 0 bridgehead atoms. The Bertz CT molecular complexity index is 1360. The highest BCUT2D eigenvalue weighted by atomic mass is 32.2. The maximum Gasteiger partial charge on any atom is 0.243 e. The SMILES string of the molecule is CCN(CC)S(=O)(=O)c1ccc2c(c1)nc(SCc1ccc(C)c(C)c1)n2Cc1ccco1. The molecule has 0 amide bonds. The minimum absolute atomic E-state index is 0.270. The molecule has 0 saturated carbocycles. The Labute approximate surface area is 199 Å². The van der Waals surface area contributed by atoms with Crippen molar-refractivity contribution in [2.45, 2.75) is 50.0 Å². The topological polar surface area (TPSA) is 68.3 Å². The molecular formula is C25H29N3O3S2. The van der Waals surface area contributed by atoms with Crippen molar-refractivity contribution in [3.63, 3.8) is 0 Å². The molecule has 0 radical (unpaired) electrons. The number of rotatable bonds is 9. The van der Waals surface area contributed by atoms with Gasteiger partial charge in [0.2, 0.25) is 10.0 Å². The molecular weight excluding hydrogens is 454 g/mol. The summed E-state index contributed by atoms with van der Waals surface area (Å²) >= 11 is 1.64. The van der Waals surface area contributed by atoms with E-state index >= 15 is 0 Å². The fourth-order valence-electron chi connectivity index (χ4n) is 3.82. The van der Waals surface area contributed by atoms with Gasteiger partial charge < -0.3 is 8.98 Å². The molecule has 0 fully saturated rings. The Balaban J connectivity index is 1.72. The molecule has 2 aromatic heterocycles. The summed E-state index contributed by atoms with van der Waals surface area (Å²) in [7, 11) is -3.55. The first-order chi connectivity index (χ1) is 15.8. The van der Waals surface area contributed by atoms with Gasteiger partial charge in [0.05, 0.1) is 28.7 Å². The maximum atomic E-state index is 13.0. The van der Waals surface area contributed by atoms with Crippen LogP contribution in [0.25, 0.3) is 11.0 Å². The molecule has 4 aromatic rings. The average molecular weight is 484 g/mol. The normalized spacial score (nSPS) is 12.2. The molecule has 0 aliphatic rings. The van der Waals surface area contributed by atoms with Crippen LogP contribution in [0.15, 0.2) is 69.3 Å². The lowest BCUT2D eigenvalue weighted by atomic mass is 10.1. The van der Waals surface area contributed by atoms with Gasteiger partial charge in [0.25, 0.3) is 0 Å². The largest absolute Gasteiger partial charge is 0.467 e. The van der Waals surface area contributed by atoms with E-state index in [2.05, 4.69) is 36.6 Å². The predicted molar refractivity (Wildman–Crippen MR) is 133 cm³/mol. The van der Waals surface area contributed by atoms with Crippen molar-refractivity contribution >= 4 is 32.8 Å². The van der Waals surface area contributed by atoms with Crippen LogP contribution in [0.2, 0.25) is 0 Å². The van der Waals surface area contributed by atoms with E-state index in [4.69, 9.17) is 9.40 Å². The zero-order chi connectivity index (χ0) is 23.6. The van der Waals surface area contributed by atoms with Crippen molar-refractivity contribution in [1.82, 2.24) is 13.9 Å². The molecule has 0 saturated heterocycles. The number of thioether (sulfide) groups is 1. The summed E-state index contributed by atoms with van der Waals surface area (Å²) in [5.74, 6) is 1.59. The molecule has 6 nitrogen and oxygen atoms in total. The summed E-state index contributed by atoms with van der Waals surface area (Å²) < 4.78 is 35.2. The summed E-state index contributed by atoms with van der Waals surface area (Å²) in [6.07, 6.45) is 1.66. The van der Waals surface area contributed by atoms with E-state index in [1.807, 2.05) is 32.0 Å². The quantitative estimate of drug-likeness (QED) is 0.289. The average Bonchev–Trinajstić information content (AvgIpc) is 3.43. The first-order valence-electron chi connectivity index (χ1n) is 11.0. The number of fused-ring (bicyclic) bond motifs is 1. The van der Waals surface area contributed by atoms with Gasteiger partial charge in [-0.05, 0) is 60.9 Å². The number of imidazole rings is 1. The van der Waals surface area contributed by atoms with E-state index in [0.29, 0.717) is 25.2 Å². The Kier molecular flexibility index (Phi) is 6.97. The third kappa shape index (κ3) is 4.88. The smallest absolute Gasteiger partial charge is 0.243 e. The van der Waals surface area contributed by atoms with Crippen LogP contribution in [0.3, 0.4) is 0 Å². The lowest BCUT2D eigenvalue weighted by Gasteiger charge is -2.18. The molecule has 0 aliphatic heterocycles. The molecule has 174 valence electrons. The van der Waals surface area contributed by atoms with Crippen LogP contribution >= 0.6 is 11.8 Å². The molecule has 0 spiro atoms. The molecule has 2 aromatic carbocycles. The number of sulfonamides is 1. The van der Waals surface area contributed by atoms with Crippen LogP contribution < -0.4 is 0 Å². The van der Waals surface area contributed by atoms with Crippen molar-refractivity contribution in [2.75, 3.05) is 13.1 Å². The Hall–Kier alpha value is -2.55. The predicted octanol–water partition coefficient (Wildman–Crippen LogP) is 5.62. The Morgan fingerprint density at radius 1 is 1.03 bits per heavy atom. The molecule has 0 atom stereocenters. The van der Waals surface area contributed by atoms with Crippen LogP contribution in [0.5, 0.6) is 0 Å². The maximum absolute atomic E-state index is 13.0. The lowest BCUT2D eigenvalue weighted by molar-refractivity contribution is 0.445. The second-order valence-electron chi connectivity index (χ2n) is 8.01. The van der Waals surface area contributed by atoms with Crippen molar-refractivity contribution in [3.8, 4) is 0 Å². The highest BCUT2D eigenvalue weighted by Crippen LogP contribution is 2.30. The van der Waals surface area contributed by atoms with Gasteiger partial charge in [-0.25, -0.2) is 13.4 Å². The Morgan fingerprint density at radius 3 is 2.48 bits per heavy atom. The summed E-state index contributed by atoms with van der Waals surface area (Å²) in [6, 6.07) is 15.5. The minimum Gasteiger partial charge on any atom is -0.467 e. The van der Waals surface area contributed by atoms with Crippen LogP contribution in [0.1, 0.15) is 36.3 Å². The van der Waals surface area contributed by atoms with Gasteiger partial charge in [0.15, 0.2) is 5.16 Å². The second kappa shape index (κ2) is 9.75. The number of hydrogen-bond acceptors (Lipinski definition) is 5. The highest BCUT2D eigenvalue weighted by Gasteiger charge is 2.23. The fraction of sp³-hybridized carbons (Fsp3) is 0.320.